The van der Waals surface area contributed by atoms with Gasteiger partial charge in [-0.15, -0.1) is 0 Å². The lowest BCUT2D eigenvalue weighted by atomic mass is 10.1. The van der Waals surface area contributed by atoms with Gasteiger partial charge in [0.1, 0.15) is 23.7 Å². The fourth-order valence-corrected chi connectivity index (χ4v) is 4.31. The summed E-state index contributed by atoms with van der Waals surface area (Å²) in [6, 6.07) is 12.6. The van der Waals surface area contributed by atoms with Gasteiger partial charge in [0.15, 0.2) is 5.69 Å². The van der Waals surface area contributed by atoms with Crippen molar-refractivity contribution in [1.29, 1.82) is 0 Å². The highest BCUT2D eigenvalue weighted by Crippen LogP contribution is 2.39. The van der Waals surface area contributed by atoms with Crippen LogP contribution in [0, 0.1) is 0 Å². The van der Waals surface area contributed by atoms with Crippen molar-refractivity contribution in [3.05, 3.63) is 76.5 Å². The topological polar surface area (TPSA) is 106 Å². The normalized spacial score (nSPS) is 13.7. The van der Waals surface area contributed by atoms with Crippen molar-refractivity contribution in [1.82, 2.24) is 15.1 Å². The van der Waals surface area contributed by atoms with Crippen molar-refractivity contribution < 1.29 is 37.3 Å². The van der Waals surface area contributed by atoms with Crippen LogP contribution in [0.2, 0.25) is 0 Å². The molecule has 0 saturated heterocycles. The highest BCUT2D eigenvalue weighted by molar-refractivity contribution is 6.01. The molecule has 9 nitrogen and oxygen atoms in total. The molecular weight excluding hydrogens is 505 g/mol. The highest BCUT2D eigenvalue weighted by atomic mass is 19.4. The van der Waals surface area contributed by atoms with Gasteiger partial charge in [-0.25, -0.2) is 9.48 Å². The molecule has 0 radical (unpaired) electrons. The summed E-state index contributed by atoms with van der Waals surface area (Å²) in [6.45, 7) is 2.39. The largest absolute Gasteiger partial charge is 0.491 e. The number of nitrogens with zero attached hydrogens (tertiary/aromatic N) is 3. The number of hydrogen-bond acceptors (Lipinski definition) is 7. The number of alkyl halides is 3. The van der Waals surface area contributed by atoms with E-state index in [0.29, 0.717) is 23.4 Å². The highest BCUT2D eigenvalue weighted by Gasteiger charge is 2.44. The minimum atomic E-state index is -4.83. The number of carbonyl (C=O) groups excluding carboxylic acids is 2. The van der Waals surface area contributed by atoms with Gasteiger partial charge in [-0.2, -0.15) is 18.3 Å². The number of carbonyl (C=O) groups is 2. The second-order valence-electron chi connectivity index (χ2n) is 8.72. The van der Waals surface area contributed by atoms with Crippen LogP contribution < -0.4 is 15.0 Å². The number of amides is 1. The van der Waals surface area contributed by atoms with E-state index in [9.17, 15) is 22.8 Å². The smallest absolute Gasteiger partial charge is 0.436 e. The summed E-state index contributed by atoms with van der Waals surface area (Å²) in [5.74, 6) is -0.825. The number of hydrogen-bond donors (Lipinski definition) is 2. The molecule has 12 heteroatoms. The quantitative estimate of drug-likeness (QED) is 0.406. The molecule has 0 spiro atoms. The first-order valence-corrected chi connectivity index (χ1v) is 11.9. The van der Waals surface area contributed by atoms with Crippen LogP contribution in [-0.4, -0.2) is 53.6 Å². The zero-order valence-electron chi connectivity index (χ0n) is 20.8. The van der Waals surface area contributed by atoms with E-state index < -0.39 is 35.4 Å². The maximum Gasteiger partial charge on any atom is 0.436 e. The third-order valence-corrected chi connectivity index (χ3v) is 6.11. The molecule has 3 aromatic rings. The van der Waals surface area contributed by atoms with E-state index in [1.54, 1.807) is 48.2 Å². The lowest BCUT2D eigenvalue weighted by Gasteiger charge is -2.21. The summed E-state index contributed by atoms with van der Waals surface area (Å²) in [4.78, 5) is 26.6. The third-order valence-electron chi connectivity index (χ3n) is 6.11. The number of aromatic nitrogens is 2. The monoisotopic (exact) mass is 532 g/mol. The average molecular weight is 533 g/mol. The van der Waals surface area contributed by atoms with Crippen LogP contribution in [0.3, 0.4) is 0 Å². The standard InChI is InChI=1S/C26H27F3N4O5/c1-16(18-6-8-19(9-7-18)25(36)37-2)30-23(35)21-22(26(27,28)29)31-33-11-10-32(24(21)33)15-17-4-3-5-20(14-17)38-13-12-34/h3-9,14,16,34H,10-13,15H2,1-2H3,(H,30,35)/t16-/m0/s1. The number of halogens is 3. The zero-order valence-corrected chi connectivity index (χ0v) is 20.8. The minimum Gasteiger partial charge on any atom is -0.491 e. The van der Waals surface area contributed by atoms with Crippen LogP contribution >= 0.6 is 0 Å². The van der Waals surface area contributed by atoms with Crippen molar-refractivity contribution in [2.24, 2.45) is 0 Å². The van der Waals surface area contributed by atoms with Crippen LogP contribution in [0.1, 0.15) is 50.5 Å². The van der Waals surface area contributed by atoms with Gasteiger partial charge in [0.25, 0.3) is 5.91 Å². The second-order valence-corrected chi connectivity index (χ2v) is 8.72. The fraction of sp³-hybridized carbons (Fsp3) is 0.346. The van der Waals surface area contributed by atoms with Crippen molar-refractivity contribution in [3.63, 3.8) is 0 Å². The Kier molecular flexibility index (Phi) is 7.91. The summed E-state index contributed by atoms with van der Waals surface area (Å²) < 4.78 is 53.1. The van der Waals surface area contributed by atoms with E-state index in [-0.39, 0.29) is 32.1 Å². The van der Waals surface area contributed by atoms with E-state index >= 15 is 0 Å². The molecule has 0 saturated carbocycles. The molecule has 1 amide bonds. The van der Waals surface area contributed by atoms with E-state index in [1.807, 2.05) is 0 Å². The van der Waals surface area contributed by atoms with Crippen LogP contribution in [-0.2, 0) is 24.0 Å². The second kappa shape index (κ2) is 11.1. The average Bonchev–Trinajstić information content (AvgIpc) is 3.47. The predicted octanol–water partition coefficient (Wildman–Crippen LogP) is 3.57. The molecule has 4 rings (SSSR count). The molecule has 0 fully saturated rings. The molecular formula is C26H27F3N4O5. The molecule has 1 aromatic heterocycles. The number of aliphatic hydroxyl groups is 1. The molecule has 1 aliphatic heterocycles. The third kappa shape index (κ3) is 5.75. The molecule has 1 aliphatic rings. The van der Waals surface area contributed by atoms with Crippen LogP contribution in [0.4, 0.5) is 19.0 Å². The number of benzene rings is 2. The van der Waals surface area contributed by atoms with Crippen LogP contribution in [0.15, 0.2) is 48.5 Å². The molecule has 0 unspecified atom stereocenters. The number of nitrogens with one attached hydrogen (secondary N) is 1. The van der Waals surface area contributed by atoms with Crippen molar-refractivity contribution >= 4 is 17.7 Å². The van der Waals surface area contributed by atoms with Crippen LogP contribution in [0.25, 0.3) is 0 Å². The Labute approximate surface area is 216 Å². The van der Waals surface area contributed by atoms with Gasteiger partial charge in [-0.3, -0.25) is 4.79 Å². The van der Waals surface area contributed by atoms with Crippen molar-refractivity contribution in [3.8, 4) is 5.75 Å². The molecule has 0 aliphatic carbocycles. The minimum absolute atomic E-state index is 0.0877. The summed E-state index contributed by atoms with van der Waals surface area (Å²) in [7, 11) is 1.26. The molecule has 38 heavy (non-hydrogen) atoms. The van der Waals surface area contributed by atoms with Gasteiger partial charge >= 0.3 is 12.1 Å². The van der Waals surface area contributed by atoms with Gasteiger partial charge in [-0.05, 0) is 42.3 Å². The first kappa shape index (κ1) is 27.0. The van der Waals surface area contributed by atoms with Gasteiger partial charge in [0, 0.05) is 13.1 Å². The summed E-state index contributed by atoms with van der Waals surface area (Å²) in [6.07, 6.45) is -4.83. The van der Waals surface area contributed by atoms with Gasteiger partial charge in [0.05, 0.1) is 31.9 Å². The Hall–Kier alpha value is -4.06. The summed E-state index contributed by atoms with van der Waals surface area (Å²) >= 11 is 0. The van der Waals surface area contributed by atoms with Gasteiger partial charge < -0.3 is 24.8 Å². The Bertz CT molecular complexity index is 1310. The molecule has 202 valence electrons. The number of aliphatic hydroxyl groups excluding tert-OH is 1. The number of fused-ring (bicyclic) bond motifs is 1. The molecule has 2 N–H and O–H groups in total. The maximum absolute atomic E-state index is 13.9. The number of anilines is 1. The lowest BCUT2D eigenvalue weighted by molar-refractivity contribution is -0.141. The van der Waals surface area contributed by atoms with Gasteiger partial charge in [-0.1, -0.05) is 24.3 Å². The predicted molar refractivity (Wildman–Crippen MR) is 131 cm³/mol. The number of rotatable bonds is 9. The van der Waals surface area contributed by atoms with Gasteiger partial charge in [0.2, 0.25) is 0 Å². The Morgan fingerprint density at radius 3 is 2.55 bits per heavy atom. The van der Waals surface area contributed by atoms with Crippen molar-refractivity contribution in [2.75, 3.05) is 31.8 Å². The number of methoxy groups -OCH3 is 1. The first-order valence-electron chi connectivity index (χ1n) is 11.9. The fourth-order valence-electron chi connectivity index (χ4n) is 4.31. The van der Waals surface area contributed by atoms with E-state index in [4.69, 9.17) is 9.84 Å². The Morgan fingerprint density at radius 2 is 1.89 bits per heavy atom. The summed E-state index contributed by atoms with van der Waals surface area (Å²) in [5.41, 5.74) is -0.122. The van der Waals surface area contributed by atoms with E-state index in [1.165, 1.54) is 23.9 Å². The Morgan fingerprint density at radius 1 is 1.16 bits per heavy atom. The summed E-state index contributed by atoms with van der Waals surface area (Å²) in [5, 5.41) is 15.4. The van der Waals surface area contributed by atoms with E-state index in [0.717, 1.165) is 5.56 Å². The first-order chi connectivity index (χ1) is 18.1. The number of ether oxygens (including phenoxy) is 2. The van der Waals surface area contributed by atoms with E-state index in [2.05, 4.69) is 15.2 Å². The molecule has 1 atom stereocenters. The zero-order chi connectivity index (χ0) is 27.4. The molecule has 2 heterocycles. The molecule has 2 aromatic carbocycles. The Balaban J connectivity index is 1.60. The lowest BCUT2D eigenvalue weighted by Crippen LogP contribution is -2.31. The van der Waals surface area contributed by atoms with Crippen LogP contribution in [0.5, 0.6) is 5.75 Å². The number of esters is 1. The van der Waals surface area contributed by atoms with Crippen molar-refractivity contribution in [2.45, 2.75) is 32.2 Å². The SMILES string of the molecule is COC(=O)c1ccc([C@H](C)NC(=O)c2c(C(F)(F)F)nn3c2N(Cc2cccc(OCCO)c2)CC3)cc1. The molecule has 0 bridgehead atoms. The maximum atomic E-state index is 13.9.